The van der Waals surface area contributed by atoms with Crippen molar-refractivity contribution in [3.05, 3.63) is 77.2 Å². The molecule has 0 fully saturated rings. The largest absolute Gasteiger partial charge is 0.495 e. The van der Waals surface area contributed by atoms with Crippen molar-refractivity contribution in [1.82, 2.24) is 14.8 Å². The summed E-state index contributed by atoms with van der Waals surface area (Å²) in [5.41, 5.74) is 3.47. The highest BCUT2D eigenvalue weighted by atomic mass is 32.2. The van der Waals surface area contributed by atoms with Crippen molar-refractivity contribution >= 4 is 23.1 Å². The van der Waals surface area contributed by atoms with Gasteiger partial charge in [0.25, 0.3) is 0 Å². The van der Waals surface area contributed by atoms with E-state index in [1.165, 1.54) is 11.1 Å². The molecule has 0 bridgehead atoms. The van der Waals surface area contributed by atoms with Gasteiger partial charge in [0, 0.05) is 5.75 Å². The Bertz CT molecular complexity index is 1020. The third-order valence-electron chi connectivity index (χ3n) is 4.19. The van der Waals surface area contributed by atoms with E-state index >= 15 is 0 Å². The standard InChI is InChI=1S/C21H19N3OS2/c1-15-9-11-16(12-10-15)14-27-21-23-22-20(19-8-5-13-26-19)24(21)17-6-3-4-7-18(17)25-2/h3-13H,14H2,1-2H3. The van der Waals surface area contributed by atoms with Crippen LogP contribution in [0, 0.1) is 6.92 Å². The van der Waals surface area contributed by atoms with Crippen LogP contribution in [0.3, 0.4) is 0 Å². The first kappa shape index (κ1) is 17.8. The molecule has 0 N–H and O–H groups in total. The third-order valence-corrected chi connectivity index (χ3v) is 6.06. The maximum atomic E-state index is 5.59. The van der Waals surface area contributed by atoms with Gasteiger partial charge in [-0.05, 0) is 36.1 Å². The molecule has 4 rings (SSSR count). The zero-order valence-electron chi connectivity index (χ0n) is 15.1. The molecule has 0 saturated heterocycles. The van der Waals surface area contributed by atoms with Crippen LogP contribution in [-0.4, -0.2) is 21.9 Å². The van der Waals surface area contributed by atoms with Crippen LogP contribution >= 0.6 is 23.1 Å². The third kappa shape index (κ3) is 3.77. The number of aromatic nitrogens is 3. The highest BCUT2D eigenvalue weighted by Gasteiger charge is 2.19. The number of ether oxygens (including phenoxy) is 1. The second-order valence-corrected chi connectivity index (χ2v) is 7.96. The van der Waals surface area contributed by atoms with Gasteiger partial charge in [0.15, 0.2) is 11.0 Å². The molecule has 0 saturated carbocycles. The summed E-state index contributed by atoms with van der Waals surface area (Å²) in [7, 11) is 1.69. The topological polar surface area (TPSA) is 39.9 Å². The number of para-hydroxylation sites is 2. The lowest BCUT2D eigenvalue weighted by atomic mass is 10.2. The maximum absolute atomic E-state index is 5.59. The zero-order chi connectivity index (χ0) is 18.6. The summed E-state index contributed by atoms with van der Waals surface area (Å²) in [6.45, 7) is 2.10. The Hall–Kier alpha value is -2.57. The molecule has 2 aromatic heterocycles. The Kier molecular flexibility index (Phi) is 5.27. The highest BCUT2D eigenvalue weighted by molar-refractivity contribution is 7.98. The van der Waals surface area contributed by atoms with Gasteiger partial charge >= 0.3 is 0 Å². The van der Waals surface area contributed by atoms with E-state index in [9.17, 15) is 0 Å². The molecule has 2 heterocycles. The number of hydrogen-bond donors (Lipinski definition) is 0. The van der Waals surface area contributed by atoms with Crippen molar-refractivity contribution in [1.29, 1.82) is 0 Å². The van der Waals surface area contributed by atoms with E-state index in [-0.39, 0.29) is 0 Å². The summed E-state index contributed by atoms with van der Waals surface area (Å²) < 4.78 is 7.68. The summed E-state index contributed by atoms with van der Waals surface area (Å²) in [5, 5.41) is 11.9. The molecule has 0 aliphatic heterocycles. The predicted octanol–water partition coefficient (Wildman–Crippen LogP) is 5.61. The van der Waals surface area contributed by atoms with Crippen molar-refractivity contribution in [2.45, 2.75) is 17.8 Å². The molecule has 0 amide bonds. The Labute approximate surface area is 166 Å². The van der Waals surface area contributed by atoms with Gasteiger partial charge in [0.05, 0.1) is 17.7 Å². The summed E-state index contributed by atoms with van der Waals surface area (Å²) in [5.74, 6) is 2.46. The molecule has 4 nitrogen and oxygen atoms in total. The first-order valence-electron chi connectivity index (χ1n) is 8.57. The van der Waals surface area contributed by atoms with Crippen molar-refractivity contribution in [3.8, 4) is 22.1 Å². The van der Waals surface area contributed by atoms with Crippen LogP contribution < -0.4 is 4.74 Å². The quantitative estimate of drug-likeness (QED) is 0.400. The predicted molar refractivity (Wildman–Crippen MR) is 112 cm³/mol. The zero-order valence-corrected chi connectivity index (χ0v) is 16.8. The fraction of sp³-hybridized carbons (Fsp3) is 0.143. The van der Waals surface area contributed by atoms with Crippen LogP contribution in [0.15, 0.2) is 71.2 Å². The molecule has 0 radical (unpaired) electrons. The van der Waals surface area contributed by atoms with Gasteiger partial charge in [-0.2, -0.15) is 0 Å². The molecule has 136 valence electrons. The summed E-state index contributed by atoms with van der Waals surface area (Å²) in [4.78, 5) is 1.08. The van der Waals surface area contributed by atoms with E-state index in [2.05, 4.69) is 57.4 Å². The van der Waals surface area contributed by atoms with Gasteiger partial charge in [0.2, 0.25) is 0 Å². The van der Waals surface area contributed by atoms with Gasteiger partial charge in [-0.15, -0.1) is 21.5 Å². The Morgan fingerprint density at radius 1 is 1.00 bits per heavy atom. The number of thiophene rings is 1. The molecule has 0 atom stereocenters. The van der Waals surface area contributed by atoms with E-state index in [4.69, 9.17) is 4.74 Å². The highest BCUT2D eigenvalue weighted by Crippen LogP contribution is 2.34. The molecule has 0 spiro atoms. The van der Waals surface area contributed by atoms with Crippen LogP contribution in [0.1, 0.15) is 11.1 Å². The van der Waals surface area contributed by atoms with E-state index in [1.807, 2.05) is 30.3 Å². The smallest absolute Gasteiger partial charge is 0.196 e. The van der Waals surface area contributed by atoms with Crippen molar-refractivity contribution in [2.75, 3.05) is 7.11 Å². The molecule has 27 heavy (non-hydrogen) atoms. The fourth-order valence-electron chi connectivity index (χ4n) is 2.79. The van der Waals surface area contributed by atoms with Crippen LogP contribution in [0.4, 0.5) is 0 Å². The van der Waals surface area contributed by atoms with Gasteiger partial charge in [0.1, 0.15) is 5.75 Å². The molecule has 0 aliphatic rings. The molecule has 2 aromatic carbocycles. The number of hydrogen-bond acceptors (Lipinski definition) is 5. The fourth-order valence-corrected chi connectivity index (χ4v) is 4.39. The van der Waals surface area contributed by atoms with Gasteiger partial charge in [-0.1, -0.05) is 59.8 Å². The minimum absolute atomic E-state index is 0.798. The van der Waals surface area contributed by atoms with Crippen LogP contribution in [0.5, 0.6) is 5.75 Å². The SMILES string of the molecule is COc1ccccc1-n1c(SCc2ccc(C)cc2)nnc1-c1cccs1. The van der Waals surface area contributed by atoms with E-state index in [0.29, 0.717) is 0 Å². The monoisotopic (exact) mass is 393 g/mol. The Morgan fingerprint density at radius 3 is 2.56 bits per heavy atom. The molecular formula is C21H19N3OS2. The number of benzene rings is 2. The minimum atomic E-state index is 0.798. The van der Waals surface area contributed by atoms with E-state index < -0.39 is 0 Å². The Morgan fingerprint density at radius 2 is 1.81 bits per heavy atom. The second-order valence-electron chi connectivity index (χ2n) is 6.07. The number of aryl methyl sites for hydroxylation is 1. The van der Waals surface area contributed by atoms with Crippen molar-refractivity contribution in [3.63, 3.8) is 0 Å². The lowest BCUT2D eigenvalue weighted by Gasteiger charge is -2.13. The lowest BCUT2D eigenvalue weighted by Crippen LogP contribution is -2.01. The minimum Gasteiger partial charge on any atom is -0.495 e. The van der Waals surface area contributed by atoms with Crippen LogP contribution in [0.2, 0.25) is 0 Å². The molecule has 0 unspecified atom stereocenters. The Balaban J connectivity index is 1.74. The number of thioether (sulfide) groups is 1. The molecule has 0 aliphatic carbocycles. The number of rotatable bonds is 6. The second kappa shape index (κ2) is 7.98. The summed E-state index contributed by atoms with van der Waals surface area (Å²) >= 11 is 3.33. The van der Waals surface area contributed by atoms with E-state index in [1.54, 1.807) is 30.2 Å². The van der Waals surface area contributed by atoms with Crippen molar-refractivity contribution in [2.24, 2.45) is 0 Å². The first-order valence-corrected chi connectivity index (χ1v) is 10.4. The molecule has 6 heteroatoms. The average Bonchev–Trinajstić information content (AvgIpc) is 3.37. The van der Waals surface area contributed by atoms with E-state index in [0.717, 1.165) is 33.0 Å². The van der Waals surface area contributed by atoms with Gasteiger partial charge in [-0.25, -0.2) is 0 Å². The first-order chi connectivity index (χ1) is 13.3. The molecular weight excluding hydrogens is 374 g/mol. The number of nitrogens with zero attached hydrogens (tertiary/aromatic N) is 3. The van der Waals surface area contributed by atoms with Gasteiger partial charge < -0.3 is 4.74 Å². The maximum Gasteiger partial charge on any atom is 0.196 e. The average molecular weight is 394 g/mol. The summed E-state index contributed by atoms with van der Waals surface area (Å²) in [6, 6.07) is 20.7. The van der Waals surface area contributed by atoms with Crippen molar-refractivity contribution < 1.29 is 4.74 Å². The summed E-state index contributed by atoms with van der Waals surface area (Å²) in [6.07, 6.45) is 0. The van der Waals surface area contributed by atoms with Gasteiger partial charge in [-0.3, -0.25) is 4.57 Å². The normalized spacial score (nSPS) is 10.9. The number of methoxy groups -OCH3 is 1. The lowest BCUT2D eigenvalue weighted by molar-refractivity contribution is 0.412. The van der Waals surface area contributed by atoms with Crippen LogP contribution in [0.25, 0.3) is 16.4 Å². The van der Waals surface area contributed by atoms with Crippen LogP contribution in [-0.2, 0) is 5.75 Å². The molecule has 4 aromatic rings.